The van der Waals surface area contributed by atoms with Crippen LogP contribution in [-0.4, -0.2) is 60.6 Å². The molecule has 3 heterocycles. The fourth-order valence-electron chi connectivity index (χ4n) is 2.99. The number of piperazine rings is 1. The van der Waals surface area contributed by atoms with Crippen LogP contribution in [0.3, 0.4) is 0 Å². The van der Waals surface area contributed by atoms with E-state index in [0.29, 0.717) is 19.6 Å². The number of hydrogen-bond donors (Lipinski definition) is 1. The van der Waals surface area contributed by atoms with Crippen LogP contribution < -0.4 is 10.2 Å². The van der Waals surface area contributed by atoms with Gasteiger partial charge in [0.25, 0.3) is 0 Å². The summed E-state index contributed by atoms with van der Waals surface area (Å²) in [5.74, 6) is 0.996. The van der Waals surface area contributed by atoms with Crippen LogP contribution in [0.5, 0.6) is 0 Å². The molecule has 0 radical (unpaired) electrons. The van der Waals surface area contributed by atoms with Crippen LogP contribution >= 0.6 is 11.3 Å². The number of aromatic nitrogens is 1. The monoisotopic (exact) mass is 373 g/mol. The number of hydrogen-bond acceptors (Lipinski definition) is 5. The Labute approximate surface area is 159 Å². The topological polar surface area (TPSA) is 51.7 Å². The molecule has 3 rings (SSSR count). The molecule has 0 aromatic carbocycles. The molecule has 1 aliphatic rings. The van der Waals surface area contributed by atoms with E-state index >= 15 is 0 Å². The third kappa shape index (κ3) is 4.95. The lowest BCUT2D eigenvalue weighted by atomic mass is 10.2. The Morgan fingerprint density at radius 1 is 1.31 bits per heavy atom. The van der Waals surface area contributed by atoms with Crippen molar-refractivity contribution < 1.29 is 4.79 Å². The maximum absolute atomic E-state index is 12.5. The van der Waals surface area contributed by atoms with Crippen LogP contribution in [0.25, 0.3) is 0 Å². The van der Waals surface area contributed by atoms with Crippen molar-refractivity contribution in [1.29, 1.82) is 0 Å². The molecule has 1 aliphatic heterocycles. The maximum Gasteiger partial charge on any atom is 0.317 e. The van der Waals surface area contributed by atoms with Crippen molar-refractivity contribution in [2.24, 2.45) is 0 Å². The zero-order chi connectivity index (χ0) is 18.4. The quantitative estimate of drug-likeness (QED) is 0.846. The molecule has 2 aromatic heterocycles. The number of nitrogens with zero attached hydrogens (tertiary/aromatic N) is 4. The molecule has 140 valence electrons. The Bertz CT molecular complexity index is 698. The number of carbonyl (C=O) groups is 1. The van der Waals surface area contributed by atoms with Crippen molar-refractivity contribution in [3.05, 3.63) is 46.3 Å². The van der Waals surface area contributed by atoms with Crippen LogP contribution in [-0.2, 0) is 13.1 Å². The normalized spacial score (nSPS) is 15.1. The van der Waals surface area contributed by atoms with Crippen molar-refractivity contribution in [2.75, 3.05) is 44.7 Å². The van der Waals surface area contributed by atoms with Gasteiger partial charge in [-0.15, -0.1) is 11.3 Å². The van der Waals surface area contributed by atoms with Gasteiger partial charge in [0.15, 0.2) is 0 Å². The first-order valence-electron chi connectivity index (χ1n) is 9.09. The fourth-order valence-corrected chi connectivity index (χ4v) is 3.71. The standard InChI is InChI=1S/C19H27N5OS/c1-3-23(15-17-5-4-12-26-17)19(25)21-14-16-6-7-20-18(13-16)24-10-8-22(2)9-11-24/h4-7,12-13H,3,8-11,14-15H2,1-2H3,(H,21,25). The molecule has 0 unspecified atom stereocenters. The number of rotatable bonds is 6. The Hall–Kier alpha value is -2.12. The van der Waals surface area contributed by atoms with E-state index in [1.807, 2.05) is 35.5 Å². The van der Waals surface area contributed by atoms with Gasteiger partial charge in [-0.1, -0.05) is 6.07 Å². The number of amides is 2. The summed E-state index contributed by atoms with van der Waals surface area (Å²) >= 11 is 1.68. The molecule has 0 saturated carbocycles. The van der Waals surface area contributed by atoms with Gasteiger partial charge in [-0.25, -0.2) is 9.78 Å². The predicted molar refractivity (Wildman–Crippen MR) is 107 cm³/mol. The first-order valence-corrected chi connectivity index (χ1v) is 9.97. The van der Waals surface area contributed by atoms with Gasteiger partial charge < -0.3 is 20.0 Å². The molecule has 1 N–H and O–H groups in total. The van der Waals surface area contributed by atoms with E-state index < -0.39 is 0 Å². The summed E-state index contributed by atoms with van der Waals surface area (Å²) in [5.41, 5.74) is 1.08. The molecule has 0 bridgehead atoms. The van der Waals surface area contributed by atoms with E-state index in [2.05, 4.69) is 39.3 Å². The minimum Gasteiger partial charge on any atom is -0.354 e. The van der Waals surface area contributed by atoms with Crippen molar-refractivity contribution in [3.8, 4) is 0 Å². The molecular weight excluding hydrogens is 346 g/mol. The smallest absolute Gasteiger partial charge is 0.317 e. The number of thiophene rings is 1. The van der Waals surface area contributed by atoms with Gasteiger partial charge in [0.1, 0.15) is 5.82 Å². The average molecular weight is 374 g/mol. The van der Waals surface area contributed by atoms with E-state index in [0.717, 1.165) is 37.6 Å². The molecule has 2 aromatic rings. The van der Waals surface area contributed by atoms with Gasteiger partial charge in [-0.05, 0) is 43.1 Å². The van der Waals surface area contributed by atoms with Crippen molar-refractivity contribution in [3.63, 3.8) is 0 Å². The molecule has 1 saturated heterocycles. The van der Waals surface area contributed by atoms with E-state index in [1.54, 1.807) is 11.3 Å². The first-order chi connectivity index (χ1) is 12.7. The van der Waals surface area contributed by atoms with E-state index in [1.165, 1.54) is 4.88 Å². The highest BCUT2D eigenvalue weighted by Crippen LogP contribution is 2.15. The Morgan fingerprint density at radius 3 is 2.81 bits per heavy atom. The average Bonchev–Trinajstić information content (AvgIpc) is 3.18. The number of carbonyl (C=O) groups excluding carboxylic acids is 1. The second kappa shape index (κ2) is 9.00. The summed E-state index contributed by atoms with van der Waals surface area (Å²) < 4.78 is 0. The number of pyridine rings is 1. The van der Waals surface area contributed by atoms with Crippen molar-refractivity contribution in [1.82, 2.24) is 20.1 Å². The third-order valence-electron chi connectivity index (χ3n) is 4.68. The lowest BCUT2D eigenvalue weighted by Crippen LogP contribution is -2.44. The van der Waals surface area contributed by atoms with E-state index in [9.17, 15) is 4.79 Å². The van der Waals surface area contributed by atoms with Crippen LogP contribution in [0, 0.1) is 0 Å². The summed E-state index contributed by atoms with van der Waals surface area (Å²) in [6, 6.07) is 8.10. The van der Waals surface area contributed by atoms with Gasteiger partial charge in [0.2, 0.25) is 0 Å². The first kappa shape index (κ1) is 18.7. The van der Waals surface area contributed by atoms with Gasteiger partial charge >= 0.3 is 6.03 Å². The summed E-state index contributed by atoms with van der Waals surface area (Å²) in [7, 11) is 2.15. The van der Waals surface area contributed by atoms with E-state index in [4.69, 9.17) is 0 Å². The summed E-state index contributed by atoms with van der Waals surface area (Å²) in [5, 5.41) is 5.08. The SMILES string of the molecule is CCN(Cc1cccs1)C(=O)NCc1ccnc(N2CCN(C)CC2)c1. The fraction of sp³-hybridized carbons (Fsp3) is 0.474. The van der Waals surface area contributed by atoms with Crippen molar-refractivity contribution in [2.45, 2.75) is 20.0 Å². The molecule has 2 amide bonds. The zero-order valence-electron chi connectivity index (χ0n) is 15.5. The van der Waals surface area contributed by atoms with Gasteiger partial charge in [-0.3, -0.25) is 0 Å². The number of nitrogens with one attached hydrogen (secondary N) is 1. The Kier molecular flexibility index (Phi) is 6.46. The van der Waals surface area contributed by atoms with Gasteiger partial charge in [0, 0.05) is 50.3 Å². The Morgan fingerprint density at radius 2 is 2.12 bits per heavy atom. The highest BCUT2D eigenvalue weighted by molar-refractivity contribution is 7.09. The number of likely N-dealkylation sites (N-methyl/N-ethyl adjacent to an activating group) is 1. The van der Waals surface area contributed by atoms with Crippen LogP contribution in [0.2, 0.25) is 0 Å². The second-order valence-corrected chi connectivity index (χ2v) is 7.60. The molecule has 7 heteroatoms. The summed E-state index contributed by atoms with van der Waals surface area (Å²) in [6.45, 7) is 7.95. The number of anilines is 1. The molecule has 26 heavy (non-hydrogen) atoms. The Balaban J connectivity index is 1.55. The third-order valence-corrected chi connectivity index (χ3v) is 5.54. The molecule has 0 aliphatic carbocycles. The summed E-state index contributed by atoms with van der Waals surface area (Å²) in [6.07, 6.45) is 1.83. The summed E-state index contributed by atoms with van der Waals surface area (Å²) in [4.78, 5) is 24.6. The van der Waals surface area contributed by atoms with E-state index in [-0.39, 0.29) is 6.03 Å². The zero-order valence-corrected chi connectivity index (χ0v) is 16.3. The molecule has 1 fully saturated rings. The largest absolute Gasteiger partial charge is 0.354 e. The van der Waals surface area contributed by atoms with Gasteiger partial charge in [0.05, 0.1) is 6.54 Å². The highest BCUT2D eigenvalue weighted by Gasteiger charge is 2.16. The van der Waals surface area contributed by atoms with Crippen molar-refractivity contribution >= 4 is 23.2 Å². The molecular formula is C19H27N5OS. The number of urea groups is 1. The van der Waals surface area contributed by atoms with Crippen LogP contribution in [0.4, 0.5) is 10.6 Å². The molecule has 6 nitrogen and oxygen atoms in total. The lowest BCUT2D eigenvalue weighted by molar-refractivity contribution is 0.198. The van der Waals surface area contributed by atoms with Crippen LogP contribution in [0.1, 0.15) is 17.4 Å². The van der Waals surface area contributed by atoms with Gasteiger partial charge in [-0.2, -0.15) is 0 Å². The highest BCUT2D eigenvalue weighted by atomic mass is 32.1. The molecule has 0 spiro atoms. The van der Waals surface area contributed by atoms with Crippen LogP contribution in [0.15, 0.2) is 35.8 Å². The lowest BCUT2D eigenvalue weighted by Gasteiger charge is -2.33. The minimum atomic E-state index is -0.0288. The second-order valence-electron chi connectivity index (χ2n) is 6.56. The maximum atomic E-state index is 12.5. The molecule has 0 atom stereocenters. The predicted octanol–water partition coefficient (Wildman–Crippen LogP) is 2.63. The minimum absolute atomic E-state index is 0.0288.